The van der Waals surface area contributed by atoms with Crippen molar-refractivity contribution in [3.63, 3.8) is 0 Å². The second-order valence-corrected chi connectivity index (χ2v) is 9.22. The lowest BCUT2D eigenvalue weighted by molar-refractivity contribution is -0.142. The Morgan fingerprint density at radius 2 is 2.06 bits per heavy atom. The normalized spacial score (nSPS) is 23.8. The van der Waals surface area contributed by atoms with Gasteiger partial charge in [-0.25, -0.2) is 9.50 Å². The number of nitrogens with zero attached hydrogens (tertiary/aromatic N) is 5. The third kappa shape index (κ3) is 3.45. The van der Waals surface area contributed by atoms with Gasteiger partial charge in [0.25, 0.3) is 5.91 Å². The molecule has 2 fully saturated rings. The van der Waals surface area contributed by atoms with Gasteiger partial charge in [0.05, 0.1) is 17.6 Å². The van der Waals surface area contributed by atoms with Gasteiger partial charge in [0.2, 0.25) is 0 Å². The largest absolute Gasteiger partial charge is 0.433 e. The molecule has 5 rings (SSSR count). The average Bonchev–Trinajstić information content (AvgIpc) is 3.49. The smallest absolute Gasteiger partial charge is 0.349 e. The standard InChI is InChI=1S/C22H25F3N6O/c1-11(15-7-13-4-5-14(15)6-13)27-21(32)16-9-26-31-19(22(23,24)25)8-18(28-20(16)31)17-10-30(3)29-12(17)2/h8-11,13-15H,4-7H2,1-3H3,(H,27,32)/t11-,13+,14+,15+/m1/s1. The van der Waals surface area contributed by atoms with Gasteiger partial charge in [-0.15, -0.1) is 0 Å². The fraction of sp³-hybridized carbons (Fsp3) is 0.545. The Morgan fingerprint density at radius 1 is 1.28 bits per heavy atom. The van der Waals surface area contributed by atoms with Crippen LogP contribution < -0.4 is 5.32 Å². The summed E-state index contributed by atoms with van der Waals surface area (Å²) in [6.45, 7) is 3.68. The molecule has 32 heavy (non-hydrogen) atoms. The molecule has 0 aliphatic heterocycles. The van der Waals surface area contributed by atoms with Crippen molar-refractivity contribution in [1.29, 1.82) is 0 Å². The first-order chi connectivity index (χ1) is 15.1. The molecule has 2 saturated carbocycles. The second-order valence-electron chi connectivity index (χ2n) is 9.22. The number of alkyl halides is 3. The van der Waals surface area contributed by atoms with Crippen molar-refractivity contribution >= 4 is 11.6 Å². The van der Waals surface area contributed by atoms with E-state index in [0.29, 0.717) is 27.6 Å². The second kappa shape index (κ2) is 7.31. The molecular weight excluding hydrogens is 421 g/mol. The van der Waals surface area contributed by atoms with Crippen LogP contribution in [-0.4, -0.2) is 36.3 Å². The number of carbonyl (C=O) groups excluding carboxylic acids is 1. The molecule has 0 radical (unpaired) electrons. The first-order valence-electron chi connectivity index (χ1n) is 10.9. The lowest BCUT2D eigenvalue weighted by Crippen LogP contribution is -2.40. The van der Waals surface area contributed by atoms with Crippen molar-refractivity contribution in [2.24, 2.45) is 24.8 Å². The predicted octanol–water partition coefficient (Wildman–Crippen LogP) is 4.01. The van der Waals surface area contributed by atoms with E-state index in [2.05, 4.69) is 20.5 Å². The first kappa shape index (κ1) is 21.0. The summed E-state index contributed by atoms with van der Waals surface area (Å²) in [6.07, 6.45) is 2.88. The van der Waals surface area contributed by atoms with E-state index >= 15 is 0 Å². The minimum absolute atomic E-state index is 0.0360. The van der Waals surface area contributed by atoms with Crippen LogP contribution in [0.25, 0.3) is 16.9 Å². The molecule has 2 aliphatic carbocycles. The monoisotopic (exact) mass is 446 g/mol. The van der Waals surface area contributed by atoms with Crippen LogP contribution in [0.3, 0.4) is 0 Å². The molecule has 1 amide bonds. The van der Waals surface area contributed by atoms with Gasteiger partial charge >= 0.3 is 6.18 Å². The highest BCUT2D eigenvalue weighted by Gasteiger charge is 2.42. The maximum atomic E-state index is 13.8. The van der Waals surface area contributed by atoms with Crippen molar-refractivity contribution in [3.8, 4) is 11.3 Å². The lowest BCUT2D eigenvalue weighted by atomic mass is 9.84. The SMILES string of the molecule is Cc1nn(C)cc1-c1cc(C(F)(F)F)n2ncc(C(=O)N[C@H](C)[C@@H]3C[C@H]4CC[C@H]3C4)c2n1. The number of nitrogens with one attached hydrogen (secondary N) is 1. The Hall–Kier alpha value is -2.91. The summed E-state index contributed by atoms with van der Waals surface area (Å²) in [7, 11) is 1.69. The van der Waals surface area contributed by atoms with Crippen molar-refractivity contribution in [1.82, 2.24) is 29.7 Å². The number of aryl methyl sites for hydroxylation is 2. The zero-order valence-electron chi connectivity index (χ0n) is 18.1. The fourth-order valence-corrected chi connectivity index (χ4v) is 5.61. The van der Waals surface area contributed by atoms with Crippen molar-refractivity contribution in [2.75, 3.05) is 0 Å². The Morgan fingerprint density at radius 3 is 2.66 bits per heavy atom. The number of halogens is 3. The van der Waals surface area contributed by atoms with Crippen LogP contribution in [-0.2, 0) is 13.2 Å². The van der Waals surface area contributed by atoms with Crippen LogP contribution in [0.1, 0.15) is 54.4 Å². The van der Waals surface area contributed by atoms with E-state index in [0.717, 1.165) is 18.4 Å². The highest BCUT2D eigenvalue weighted by Crippen LogP contribution is 2.49. The fourth-order valence-electron chi connectivity index (χ4n) is 5.61. The summed E-state index contributed by atoms with van der Waals surface area (Å²) >= 11 is 0. The topological polar surface area (TPSA) is 77.1 Å². The molecule has 7 nitrogen and oxygen atoms in total. The molecule has 170 valence electrons. The summed E-state index contributed by atoms with van der Waals surface area (Å²) in [4.78, 5) is 17.5. The molecule has 1 N–H and O–H groups in total. The van der Waals surface area contributed by atoms with E-state index in [-0.39, 0.29) is 22.9 Å². The van der Waals surface area contributed by atoms with E-state index < -0.39 is 17.8 Å². The third-order valence-electron chi connectivity index (χ3n) is 7.09. The molecular formula is C22H25F3N6O. The molecule has 0 aromatic carbocycles. The van der Waals surface area contributed by atoms with Gasteiger partial charge in [-0.1, -0.05) is 6.42 Å². The number of fused-ring (bicyclic) bond motifs is 3. The molecule has 0 unspecified atom stereocenters. The van der Waals surface area contributed by atoms with Crippen molar-refractivity contribution in [2.45, 2.75) is 51.7 Å². The summed E-state index contributed by atoms with van der Waals surface area (Å²) < 4.78 is 43.7. The quantitative estimate of drug-likeness (QED) is 0.657. The summed E-state index contributed by atoms with van der Waals surface area (Å²) in [5.41, 5.74) is 0.0630. The van der Waals surface area contributed by atoms with Gasteiger partial charge in [0, 0.05) is 24.8 Å². The van der Waals surface area contributed by atoms with Gasteiger partial charge < -0.3 is 5.32 Å². The predicted molar refractivity (Wildman–Crippen MR) is 111 cm³/mol. The molecule has 10 heteroatoms. The van der Waals surface area contributed by atoms with Gasteiger partial charge in [-0.05, 0) is 56.9 Å². The summed E-state index contributed by atoms with van der Waals surface area (Å²) in [5, 5.41) is 11.1. The highest BCUT2D eigenvalue weighted by atomic mass is 19.4. The summed E-state index contributed by atoms with van der Waals surface area (Å²) in [5.74, 6) is 1.32. The molecule has 3 aromatic rings. The maximum Gasteiger partial charge on any atom is 0.433 e. The van der Waals surface area contributed by atoms with Crippen LogP contribution in [0.5, 0.6) is 0 Å². The summed E-state index contributed by atoms with van der Waals surface area (Å²) in [6, 6.07) is 0.891. The average molecular weight is 446 g/mol. The minimum atomic E-state index is -4.66. The van der Waals surface area contributed by atoms with Gasteiger partial charge in [0.15, 0.2) is 11.3 Å². The van der Waals surface area contributed by atoms with Gasteiger partial charge in [-0.3, -0.25) is 9.48 Å². The number of hydrogen-bond acceptors (Lipinski definition) is 4. The lowest BCUT2D eigenvalue weighted by Gasteiger charge is -2.28. The van der Waals surface area contributed by atoms with Crippen LogP contribution in [0.15, 0.2) is 18.5 Å². The molecule has 2 bridgehead atoms. The first-order valence-corrected chi connectivity index (χ1v) is 10.9. The maximum absolute atomic E-state index is 13.8. The molecule has 0 saturated heterocycles. The van der Waals surface area contributed by atoms with Crippen LogP contribution >= 0.6 is 0 Å². The molecule has 0 spiro atoms. The Labute approximate surface area is 183 Å². The Balaban J connectivity index is 1.53. The van der Waals surface area contributed by atoms with Crippen molar-refractivity contribution in [3.05, 3.63) is 35.4 Å². The molecule has 3 aromatic heterocycles. The van der Waals surface area contributed by atoms with E-state index in [1.165, 1.54) is 30.1 Å². The number of carbonyl (C=O) groups is 1. The zero-order chi connectivity index (χ0) is 22.8. The molecule has 4 atom stereocenters. The van der Waals surface area contributed by atoms with Crippen LogP contribution in [0.4, 0.5) is 13.2 Å². The van der Waals surface area contributed by atoms with Crippen LogP contribution in [0, 0.1) is 24.7 Å². The van der Waals surface area contributed by atoms with Gasteiger partial charge in [0.1, 0.15) is 5.56 Å². The van der Waals surface area contributed by atoms with E-state index in [1.807, 2.05) is 6.92 Å². The van der Waals surface area contributed by atoms with E-state index in [4.69, 9.17) is 0 Å². The highest BCUT2D eigenvalue weighted by molar-refractivity contribution is 6.00. The number of amides is 1. The number of rotatable bonds is 4. The van der Waals surface area contributed by atoms with Gasteiger partial charge in [-0.2, -0.15) is 23.4 Å². The van der Waals surface area contributed by atoms with Crippen LogP contribution in [0.2, 0.25) is 0 Å². The third-order valence-corrected chi connectivity index (χ3v) is 7.09. The van der Waals surface area contributed by atoms with Crippen molar-refractivity contribution < 1.29 is 18.0 Å². The van der Waals surface area contributed by atoms with E-state index in [1.54, 1.807) is 20.2 Å². The number of hydrogen-bond donors (Lipinski definition) is 1. The zero-order valence-corrected chi connectivity index (χ0v) is 18.1. The number of aromatic nitrogens is 5. The Bertz CT molecular complexity index is 1200. The molecule has 2 aliphatic rings. The minimum Gasteiger partial charge on any atom is -0.349 e. The Kier molecular flexibility index (Phi) is 4.79. The molecule has 3 heterocycles. The van der Waals surface area contributed by atoms with E-state index in [9.17, 15) is 18.0 Å².